The molecule has 0 amide bonds. The number of hydrogen-bond donors (Lipinski definition) is 1. The van der Waals surface area contributed by atoms with Crippen molar-refractivity contribution in [2.45, 2.75) is 0 Å². The number of furan rings is 1. The average Bonchev–Trinajstić information content (AvgIpc) is 3.30. The fourth-order valence-electron chi connectivity index (χ4n) is 3.83. The minimum atomic E-state index is -0.487. The van der Waals surface area contributed by atoms with Crippen LogP contribution in [0.25, 0.3) is 22.5 Å². The van der Waals surface area contributed by atoms with E-state index < -0.39 is 5.78 Å². The van der Waals surface area contributed by atoms with Gasteiger partial charge >= 0.3 is 0 Å². The van der Waals surface area contributed by atoms with Gasteiger partial charge in [-0.2, -0.15) is 0 Å². The Kier molecular flexibility index (Phi) is 4.03. The van der Waals surface area contributed by atoms with Crippen molar-refractivity contribution >= 4 is 11.6 Å². The molecule has 0 bridgehead atoms. The van der Waals surface area contributed by atoms with Gasteiger partial charge in [0, 0.05) is 16.7 Å². The first-order valence-electron chi connectivity index (χ1n) is 9.38. The van der Waals surface area contributed by atoms with Gasteiger partial charge in [-0.15, -0.1) is 0 Å². The predicted octanol–water partition coefficient (Wildman–Crippen LogP) is 5.10. The molecular formula is C25H16O5. The monoisotopic (exact) mass is 396 g/mol. The molecule has 146 valence electrons. The number of fused-ring (bicyclic) bond motifs is 3. The van der Waals surface area contributed by atoms with Gasteiger partial charge in [0.2, 0.25) is 5.78 Å². The molecule has 0 saturated heterocycles. The number of ether oxygens (including phenoxy) is 1. The second kappa shape index (κ2) is 6.74. The number of ketones is 2. The lowest BCUT2D eigenvalue weighted by atomic mass is 9.95. The van der Waals surface area contributed by atoms with Gasteiger partial charge in [0.1, 0.15) is 17.3 Å². The number of carbonyl (C=O) groups excluding carboxylic acids is 2. The van der Waals surface area contributed by atoms with Crippen molar-refractivity contribution in [1.29, 1.82) is 0 Å². The van der Waals surface area contributed by atoms with E-state index in [0.717, 1.165) is 0 Å². The Morgan fingerprint density at radius 3 is 2.23 bits per heavy atom. The van der Waals surface area contributed by atoms with E-state index in [1.165, 1.54) is 12.1 Å². The quantitative estimate of drug-likeness (QED) is 0.428. The normalized spacial score (nSPS) is 11.8. The number of carbonyl (C=O) groups is 2. The van der Waals surface area contributed by atoms with E-state index in [0.29, 0.717) is 39.3 Å². The second-order valence-corrected chi connectivity index (χ2v) is 6.96. The van der Waals surface area contributed by atoms with Gasteiger partial charge < -0.3 is 14.3 Å². The Morgan fingerprint density at radius 1 is 0.867 bits per heavy atom. The maximum atomic E-state index is 13.3. The van der Waals surface area contributed by atoms with Crippen LogP contribution in [0.5, 0.6) is 11.5 Å². The fraction of sp³-hybridized carbons (Fsp3) is 0.0400. The molecule has 0 radical (unpaired) electrons. The van der Waals surface area contributed by atoms with Crippen LogP contribution in [0, 0.1) is 0 Å². The minimum Gasteiger partial charge on any atom is -0.507 e. The molecule has 4 aromatic rings. The van der Waals surface area contributed by atoms with Crippen LogP contribution in [-0.4, -0.2) is 23.8 Å². The van der Waals surface area contributed by atoms with Gasteiger partial charge in [-0.1, -0.05) is 48.5 Å². The lowest BCUT2D eigenvalue weighted by Gasteiger charge is -2.07. The highest BCUT2D eigenvalue weighted by atomic mass is 16.5. The lowest BCUT2D eigenvalue weighted by Crippen LogP contribution is -2.05. The summed E-state index contributed by atoms with van der Waals surface area (Å²) in [5.41, 5.74) is 2.74. The Morgan fingerprint density at radius 2 is 1.53 bits per heavy atom. The van der Waals surface area contributed by atoms with Crippen LogP contribution in [0.2, 0.25) is 0 Å². The zero-order valence-corrected chi connectivity index (χ0v) is 16.0. The Labute approximate surface area is 172 Å². The van der Waals surface area contributed by atoms with E-state index in [1.807, 2.05) is 6.07 Å². The van der Waals surface area contributed by atoms with E-state index >= 15 is 0 Å². The molecule has 0 saturated carbocycles. The molecule has 1 heterocycles. The standard InChI is InChI=1S/C25H16O5/c1-29-15-12-10-14(11-13-15)20-21-22(27)16-6-2-3-7-17(16)24(21)30-25(20)23(28)18-8-4-5-9-19(18)26/h2-13,26H,1H3. The number of rotatable bonds is 4. The number of phenols is 1. The first-order chi connectivity index (χ1) is 14.6. The summed E-state index contributed by atoms with van der Waals surface area (Å²) in [6.07, 6.45) is 0. The first kappa shape index (κ1) is 17.9. The largest absolute Gasteiger partial charge is 0.507 e. The summed E-state index contributed by atoms with van der Waals surface area (Å²) in [5.74, 6) is 0.230. The third kappa shape index (κ3) is 2.56. The molecule has 5 rings (SSSR count). The van der Waals surface area contributed by atoms with E-state index in [9.17, 15) is 14.7 Å². The van der Waals surface area contributed by atoms with E-state index in [2.05, 4.69) is 0 Å². The number of hydrogen-bond acceptors (Lipinski definition) is 5. The van der Waals surface area contributed by atoms with Crippen molar-refractivity contribution in [3.05, 3.63) is 95.2 Å². The van der Waals surface area contributed by atoms with Crippen LogP contribution in [0.15, 0.2) is 77.2 Å². The smallest absolute Gasteiger partial charge is 0.232 e. The van der Waals surface area contributed by atoms with Gasteiger partial charge in [-0.05, 0) is 29.8 Å². The molecule has 0 fully saturated rings. The van der Waals surface area contributed by atoms with Gasteiger partial charge in [-0.3, -0.25) is 9.59 Å². The molecule has 0 spiro atoms. The van der Waals surface area contributed by atoms with E-state index in [4.69, 9.17) is 9.15 Å². The minimum absolute atomic E-state index is 0.0227. The third-order valence-corrected chi connectivity index (χ3v) is 5.29. The van der Waals surface area contributed by atoms with Crippen molar-refractivity contribution in [3.63, 3.8) is 0 Å². The van der Waals surface area contributed by atoms with Crippen LogP contribution >= 0.6 is 0 Å². The van der Waals surface area contributed by atoms with Crippen LogP contribution in [0.3, 0.4) is 0 Å². The molecule has 1 N–H and O–H groups in total. The first-order valence-corrected chi connectivity index (χ1v) is 9.38. The zero-order valence-electron chi connectivity index (χ0n) is 16.0. The molecule has 1 aliphatic rings. The molecule has 30 heavy (non-hydrogen) atoms. The number of benzene rings is 3. The van der Waals surface area contributed by atoms with E-state index in [-0.39, 0.29) is 22.9 Å². The highest BCUT2D eigenvalue weighted by molar-refractivity contribution is 6.26. The maximum Gasteiger partial charge on any atom is 0.232 e. The van der Waals surface area contributed by atoms with Crippen LogP contribution in [0.4, 0.5) is 0 Å². The number of para-hydroxylation sites is 1. The number of aromatic hydroxyl groups is 1. The Hall–Kier alpha value is -4.12. The summed E-state index contributed by atoms with van der Waals surface area (Å²) >= 11 is 0. The second-order valence-electron chi connectivity index (χ2n) is 6.96. The lowest BCUT2D eigenvalue weighted by molar-refractivity contribution is 0.101. The van der Waals surface area contributed by atoms with Crippen molar-refractivity contribution in [3.8, 4) is 33.9 Å². The van der Waals surface area contributed by atoms with Crippen molar-refractivity contribution in [1.82, 2.24) is 0 Å². The van der Waals surface area contributed by atoms with Crippen molar-refractivity contribution in [2.75, 3.05) is 7.11 Å². The summed E-state index contributed by atoms with van der Waals surface area (Å²) in [7, 11) is 1.57. The summed E-state index contributed by atoms with van der Waals surface area (Å²) in [4.78, 5) is 26.5. The van der Waals surface area contributed by atoms with Crippen LogP contribution < -0.4 is 4.74 Å². The SMILES string of the molecule is COc1ccc(-c2c(C(=O)c3ccccc3O)oc3c2C(=O)c2ccccc2-3)cc1. The highest BCUT2D eigenvalue weighted by Crippen LogP contribution is 2.46. The van der Waals surface area contributed by atoms with Gasteiger partial charge in [0.05, 0.1) is 18.2 Å². The van der Waals surface area contributed by atoms with Gasteiger partial charge in [0.25, 0.3) is 0 Å². The average molecular weight is 396 g/mol. The topological polar surface area (TPSA) is 76.7 Å². The Bertz CT molecular complexity index is 1310. The Balaban J connectivity index is 1.77. The van der Waals surface area contributed by atoms with Gasteiger partial charge in [-0.25, -0.2) is 0 Å². The summed E-state index contributed by atoms with van der Waals surface area (Å²) in [5, 5.41) is 10.2. The fourth-order valence-corrected chi connectivity index (χ4v) is 3.83. The third-order valence-electron chi connectivity index (χ3n) is 5.29. The van der Waals surface area contributed by atoms with Crippen molar-refractivity contribution < 1.29 is 23.8 Å². The molecule has 0 unspecified atom stereocenters. The number of methoxy groups -OCH3 is 1. The predicted molar refractivity (Wildman–Crippen MR) is 111 cm³/mol. The summed E-state index contributed by atoms with van der Waals surface area (Å²) in [6, 6.07) is 20.5. The molecule has 0 aliphatic heterocycles. The van der Waals surface area contributed by atoms with Crippen LogP contribution in [-0.2, 0) is 0 Å². The molecule has 5 nitrogen and oxygen atoms in total. The van der Waals surface area contributed by atoms with Crippen LogP contribution in [0.1, 0.15) is 32.0 Å². The summed E-state index contributed by atoms with van der Waals surface area (Å²) in [6.45, 7) is 0. The molecular weight excluding hydrogens is 380 g/mol. The molecule has 5 heteroatoms. The highest BCUT2D eigenvalue weighted by Gasteiger charge is 2.38. The van der Waals surface area contributed by atoms with Gasteiger partial charge in [0.15, 0.2) is 11.5 Å². The molecule has 3 aromatic carbocycles. The maximum absolute atomic E-state index is 13.3. The van der Waals surface area contributed by atoms with Crippen molar-refractivity contribution in [2.24, 2.45) is 0 Å². The molecule has 0 atom stereocenters. The molecule has 1 aromatic heterocycles. The number of phenolic OH excluding ortho intramolecular Hbond substituents is 1. The zero-order chi connectivity index (χ0) is 20.8. The summed E-state index contributed by atoms with van der Waals surface area (Å²) < 4.78 is 11.2. The molecule has 1 aliphatic carbocycles. The van der Waals surface area contributed by atoms with E-state index in [1.54, 1.807) is 61.7 Å².